The van der Waals surface area contributed by atoms with Crippen LogP contribution in [0.4, 0.5) is 5.69 Å². The van der Waals surface area contributed by atoms with Gasteiger partial charge in [-0.2, -0.15) is 0 Å². The Hall–Kier alpha value is -1.83. The molecular weight excluding hydrogens is 344 g/mol. The molecule has 0 aromatic heterocycles. The monoisotopic (exact) mass is 364 g/mol. The first-order valence-corrected chi connectivity index (χ1v) is 10.0. The Morgan fingerprint density at radius 2 is 1.79 bits per heavy atom. The van der Waals surface area contributed by atoms with Crippen molar-refractivity contribution in [3.63, 3.8) is 0 Å². The molecule has 0 saturated carbocycles. The maximum absolute atomic E-state index is 12.0. The molecule has 0 bridgehead atoms. The van der Waals surface area contributed by atoms with Gasteiger partial charge in [0.25, 0.3) is 0 Å². The summed E-state index contributed by atoms with van der Waals surface area (Å²) in [5.41, 5.74) is 3.33. The zero-order valence-corrected chi connectivity index (χ0v) is 15.2. The second-order valence-electron chi connectivity index (χ2n) is 5.55. The highest BCUT2D eigenvalue weighted by atomic mass is 32.2. The van der Waals surface area contributed by atoms with Crippen LogP contribution in [-0.4, -0.2) is 20.1 Å². The van der Waals surface area contributed by atoms with E-state index < -0.39 is 10.0 Å². The Morgan fingerprint density at radius 1 is 1.12 bits per heavy atom. The Balaban J connectivity index is 1.92. The number of benzene rings is 2. The van der Waals surface area contributed by atoms with Crippen LogP contribution in [0.5, 0.6) is 0 Å². The molecule has 24 heavy (non-hydrogen) atoms. The predicted octanol–water partition coefficient (Wildman–Crippen LogP) is 2.82. The van der Waals surface area contributed by atoms with E-state index in [-0.39, 0.29) is 16.6 Å². The summed E-state index contributed by atoms with van der Waals surface area (Å²) in [5.74, 6) is 0.840. The van der Waals surface area contributed by atoms with Crippen LogP contribution < -0.4 is 10.5 Å². The topological polar surface area (TPSA) is 89.3 Å². The number of carbonyl (C=O) groups excluding carboxylic acids is 1. The molecule has 0 aliphatic heterocycles. The van der Waals surface area contributed by atoms with Crippen molar-refractivity contribution < 1.29 is 13.2 Å². The summed E-state index contributed by atoms with van der Waals surface area (Å²) in [4.78, 5) is 12.0. The normalized spacial score (nSPS) is 11.3. The van der Waals surface area contributed by atoms with E-state index in [9.17, 15) is 13.2 Å². The van der Waals surface area contributed by atoms with E-state index in [0.717, 1.165) is 11.3 Å². The summed E-state index contributed by atoms with van der Waals surface area (Å²) < 4.78 is 23.0. The van der Waals surface area contributed by atoms with E-state index in [0.29, 0.717) is 11.3 Å². The van der Waals surface area contributed by atoms with Crippen molar-refractivity contribution in [2.45, 2.75) is 24.5 Å². The summed E-state index contributed by atoms with van der Waals surface area (Å²) in [6.45, 7) is 3.69. The van der Waals surface area contributed by atoms with Crippen LogP contribution in [0, 0.1) is 13.8 Å². The third kappa shape index (κ3) is 5.36. The lowest BCUT2D eigenvalue weighted by Crippen LogP contribution is -2.17. The van der Waals surface area contributed by atoms with Gasteiger partial charge in [0.05, 0.1) is 10.6 Å². The van der Waals surface area contributed by atoms with E-state index in [1.54, 1.807) is 19.1 Å². The van der Waals surface area contributed by atoms with Gasteiger partial charge in [-0.3, -0.25) is 4.79 Å². The molecule has 0 unspecified atom stereocenters. The smallest absolute Gasteiger partial charge is 0.238 e. The molecule has 0 fully saturated rings. The van der Waals surface area contributed by atoms with Crippen molar-refractivity contribution in [2.75, 3.05) is 11.1 Å². The first-order chi connectivity index (χ1) is 11.3. The number of nitrogens with one attached hydrogen (secondary N) is 1. The van der Waals surface area contributed by atoms with Crippen molar-refractivity contribution in [1.29, 1.82) is 0 Å². The number of carbonyl (C=O) groups is 1. The summed E-state index contributed by atoms with van der Waals surface area (Å²) in [6.07, 6.45) is 0. The molecule has 128 valence electrons. The highest BCUT2D eigenvalue weighted by Gasteiger charge is 2.13. The van der Waals surface area contributed by atoms with Crippen LogP contribution in [0.3, 0.4) is 0 Å². The minimum absolute atomic E-state index is 0.0209. The van der Waals surface area contributed by atoms with Gasteiger partial charge in [-0.05, 0) is 37.1 Å². The molecule has 2 aromatic rings. The fourth-order valence-corrected chi connectivity index (χ4v) is 3.72. The van der Waals surface area contributed by atoms with Gasteiger partial charge in [0.15, 0.2) is 0 Å². The molecule has 0 spiro atoms. The second kappa shape index (κ2) is 7.83. The fraction of sp³-hybridized carbons (Fsp3) is 0.235. The first kappa shape index (κ1) is 18.5. The SMILES string of the molecule is Cc1ccc(CSCC(=O)Nc2ccc(C)c(S(N)(=O)=O)c2)cc1. The van der Waals surface area contributed by atoms with Crippen molar-refractivity contribution in [2.24, 2.45) is 5.14 Å². The van der Waals surface area contributed by atoms with Crippen LogP contribution in [0.2, 0.25) is 0 Å². The number of primary sulfonamides is 1. The van der Waals surface area contributed by atoms with Crippen molar-refractivity contribution in [1.82, 2.24) is 0 Å². The van der Waals surface area contributed by atoms with Crippen LogP contribution in [0.1, 0.15) is 16.7 Å². The molecule has 3 N–H and O–H groups in total. The first-order valence-electron chi connectivity index (χ1n) is 7.32. The van der Waals surface area contributed by atoms with E-state index >= 15 is 0 Å². The lowest BCUT2D eigenvalue weighted by Gasteiger charge is -2.09. The van der Waals surface area contributed by atoms with E-state index in [1.807, 2.05) is 31.2 Å². The van der Waals surface area contributed by atoms with Crippen molar-refractivity contribution >= 4 is 33.4 Å². The minimum Gasteiger partial charge on any atom is -0.325 e. The number of anilines is 1. The molecule has 2 rings (SSSR count). The highest BCUT2D eigenvalue weighted by molar-refractivity contribution is 7.99. The average Bonchev–Trinajstić information content (AvgIpc) is 2.50. The maximum atomic E-state index is 12.0. The van der Waals surface area contributed by atoms with Crippen LogP contribution in [0.15, 0.2) is 47.4 Å². The fourth-order valence-electron chi connectivity index (χ4n) is 2.13. The lowest BCUT2D eigenvalue weighted by atomic mass is 10.2. The lowest BCUT2D eigenvalue weighted by molar-refractivity contribution is -0.113. The van der Waals surface area contributed by atoms with Gasteiger partial charge < -0.3 is 5.32 Å². The highest BCUT2D eigenvalue weighted by Crippen LogP contribution is 2.19. The zero-order chi connectivity index (χ0) is 17.7. The number of aryl methyl sites for hydroxylation is 2. The molecule has 0 aliphatic carbocycles. The molecule has 7 heteroatoms. The quantitative estimate of drug-likeness (QED) is 0.825. The van der Waals surface area contributed by atoms with Gasteiger partial charge in [0.2, 0.25) is 15.9 Å². The molecule has 0 radical (unpaired) electrons. The van der Waals surface area contributed by atoms with Crippen molar-refractivity contribution in [3.05, 3.63) is 59.2 Å². The van der Waals surface area contributed by atoms with E-state index in [4.69, 9.17) is 5.14 Å². The average molecular weight is 364 g/mol. The summed E-state index contributed by atoms with van der Waals surface area (Å²) in [7, 11) is -3.80. The number of amides is 1. The second-order valence-corrected chi connectivity index (χ2v) is 8.07. The van der Waals surface area contributed by atoms with E-state index in [2.05, 4.69) is 5.32 Å². The van der Waals surface area contributed by atoms with Gasteiger partial charge in [0.1, 0.15) is 0 Å². The Morgan fingerprint density at radius 3 is 2.42 bits per heavy atom. The Labute approximate surface area is 146 Å². The van der Waals surface area contributed by atoms with Crippen LogP contribution >= 0.6 is 11.8 Å². The Kier molecular flexibility index (Phi) is 6.04. The number of nitrogens with two attached hydrogens (primary N) is 1. The number of rotatable bonds is 6. The molecule has 0 atom stereocenters. The summed E-state index contributed by atoms with van der Waals surface area (Å²) >= 11 is 1.50. The molecule has 1 amide bonds. The molecule has 0 aliphatic rings. The summed E-state index contributed by atoms with van der Waals surface area (Å²) in [6, 6.07) is 12.8. The molecule has 0 heterocycles. The largest absolute Gasteiger partial charge is 0.325 e. The van der Waals surface area contributed by atoms with Gasteiger partial charge in [0, 0.05) is 11.4 Å². The van der Waals surface area contributed by atoms with Gasteiger partial charge in [-0.25, -0.2) is 13.6 Å². The van der Waals surface area contributed by atoms with Gasteiger partial charge in [-0.15, -0.1) is 11.8 Å². The molecule has 5 nitrogen and oxygen atoms in total. The third-order valence-electron chi connectivity index (χ3n) is 3.40. The zero-order valence-electron chi connectivity index (χ0n) is 13.6. The van der Waals surface area contributed by atoms with Crippen LogP contribution in [0.25, 0.3) is 0 Å². The molecule has 0 saturated heterocycles. The number of hydrogen-bond acceptors (Lipinski definition) is 4. The summed E-state index contributed by atoms with van der Waals surface area (Å²) in [5, 5.41) is 7.87. The third-order valence-corrected chi connectivity index (χ3v) is 5.46. The minimum atomic E-state index is -3.80. The number of sulfonamides is 1. The maximum Gasteiger partial charge on any atom is 0.238 e. The number of hydrogen-bond donors (Lipinski definition) is 2. The van der Waals surface area contributed by atoms with Crippen molar-refractivity contribution in [3.8, 4) is 0 Å². The standard InChI is InChI=1S/C17H20N2O3S2/c1-12-3-6-14(7-4-12)10-23-11-17(20)19-15-8-5-13(2)16(9-15)24(18,21)22/h3-9H,10-11H2,1-2H3,(H,19,20)(H2,18,21,22). The predicted molar refractivity (Wildman–Crippen MR) is 98.5 cm³/mol. The van der Waals surface area contributed by atoms with E-state index in [1.165, 1.54) is 23.4 Å². The Bertz CT molecular complexity index is 831. The molecule has 2 aromatic carbocycles. The molecular formula is C17H20N2O3S2. The number of thioether (sulfide) groups is 1. The van der Waals surface area contributed by atoms with Crippen LogP contribution in [-0.2, 0) is 20.6 Å². The van der Waals surface area contributed by atoms with Gasteiger partial charge >= 0.3 is 0 Å². The van der Waals surface area contributed by atoms with Gasteiger partial charge in [-0.1, -0.05) is 35.9 Å².